The molecule has 0 bridgehead atoms. The summed E-state index contributed by atoms with van der Waals surface area (Å²) in [6.07, 6.45) is 7.07. The largest absolute Gasteiger partial charge is 0.467 e. The van der Waals surface area contributed by atoms with Gasteiger partial charge < -0.3 is 9.73 Å². The molecule has 1 N–H and O–H groups in total. The van der Waals surface area contributed by atoms with E-state index in [1.54, 1.807) is 0 Å². The predicted molar refractivity (Wildman–Crippen MR) is 61.8 cm³/mol. The highest BCUT2D eigenvalue weighted by atomic mass is 16.3. The van der Waals surface area contributed by atoms with E-state index in [0.29, 0.717) is 6.04 Å². The Morgan fingerprint density at radius 2 is 2.33 bits per heavy atom. The van der Waals surface area contributed by atoms with Crippen molar-refractivity contribution >= 4 is 0 Å². The van der Waals surface area contributed by atoms with Gasteiger partial charge in [0.1, 0.15) is 5.76 Å². The maximum Gasteiger partial charge on any atom is 0.123 e. The van der Waals surface area contributed by atoms with Crippen LogP contribution < -0.4 is 5.32 Å². The lowest BCUT2D eigenvalue weighted by molar-refractivity contribution is 0.207. The molecule has 1 heterocycles. The molecule has 1 aromatic rings. The van der Waals surface area contributed by atoms with Crippen LogP contribution in [0.25, 0.3) is 0 Å². The van der Waals surface area contributed by atoms with Crippen molar-refractivity contribution in [2.24, 2.45) is 5.92 Å². The van der Waals surface area contributed by atoms with E-state index in [4.69, 9.17) is 4.42 Å². The second-order valence-corrected chi connectivity index (χ2v) is 4.59. The van der Waals surface area contributed by atoms with E-state index >= 15 is 0 Å². The molecule has 1 aliphatic carbocycles. The van der Waals surface area contributed by atoms with Crippen molar-refractivity contribution < 1.29 is 4.42 Å². The van der Waals surface area contributed by atoms with Crippen LogP contribution in [0.2, 0.25) is 0 Å². The van der Waals surface area contributed by atoms with E-state index in [2.05, 4.69) is 25.2 Å². The molecule has 1 atom stereocenters. The van der Waals surface area contributed by atoms with Crippen LogP contribution in [0.15, 0.2) is 16.7 Å². The van der Waals surface area contributed by atoms with Gasteiger partial charge in [-0.2, -0.15) is 0 Å². The lowest BCUT2D eigenvalue weighted by Crippen LogP contribution is -2.32. The standard InChI is InChI=1S/C13H21NO/c1-3-8-14-12(11-5-4-6-11)13-10(2)7-9-15-13/h7,9,11-12,14H,3-6,8H2,1-2H3. The van der Waals surface area contributed by atoms with Gasteiger partial charge in [-0.25, -0.2) is 0 Å². The summed E-state index contributed by atoms with van der Waals surface area (Å²) < 4.78 is 5.62. The van der Waals surface area contributed by atoms with Gasteiger partial charge >= 0.3 is 0 Å². The molecule has 15 heavy (non-hydrogen) atoms. The molecule has 1 aliphatic rings. The van der Waals surface area contributed by atoms with Crippen molar-refractivity contribution in [2.45, 2.75) is 45.6 Å². The summed E-state index contributed by atoms with van der Waals surface area (Å²) in [7, 11) is 0. The third-order valence-corrected chi connectivity index (χ3v) is 3.42. The number of nitrogens with one attached hydrogen (secondary N) is 1. The first-order valence-corrected chi connectivity index (χ1v) is 6.10. The van der Waals surface area contributed by atoms with Crippen LogP contribution >= 0.6 is 0 Å². The Labute approximate surface area is 92.1 Å². The Bertz CT molecular complexity index is 301. The van der Waals surface area contributed by atoms with Crippen LogP contribution in [0.4, 0.5) is 0 Å². The number of rotatable bonds is 5. The zero-order valence-corrected chi connectivity index (χ0v) is 9.75. The van der Waals surface area contributed by atoms with E-state index in [0.717, 1.165) is 18.2 Å². The predicted octanol–water partition coefficient (Wildman–Crippen LogP) is 3.43. The maximum atomic E-state index is 5.62. The summed E-state index contributed by atoms with van der Waals surface area (Å²) in [6.45, 7) is 5.43. The van der Waals surface area contributed by atoms with E-state index < -0.39 is 0 Å². The van der Waals surface area contributed by atoms with E-state index in [1.807, 2.05) is 6.26 Å². The topological polar surface area (TPSA) is 25.2 Å². The maximum absolute atomic E-state index is 5.62. The number of hydrogen-bond donors (Lipinski definition) is 1. The van der Waals surface area contributed by atoms with E-state index in [9.17, 15) is 0 Å². The third-order valence-electron chi connectivity index (χ3n) is 3.42. The summed E-state index contributed by atoms with van der Waals surface area (Å²) in [4.78, 5) is 0. The van der Waals surface area contributed by atoms with Crippen molar-refractivity contribution in [2.75, 3.05) is 6.54 Å². The monoisotopic (exact) mass is 207 g/mol. The lowest BCUT2D eigenvalue weighted by atomic mass is 9.78. The minimum absolute atomic E-state index is 0.452. The zero-order chi connectivity index (χ0) is 10.7. The second-order valence-electron chi connectivity index (χ2n) is 4.59. The van der Waals surface area contributed by atoms with Gasteiger partial charge in [0.2, 0.25) is 0 Å². The fraction of sp³-hybridized carbons (Fsp3) is 0.692. The summed E-state index contributed by atoms with van der Waals surface area (Å²) in [6, 6.07) is 2.52. The molecule has 1 saturated carbocycles. The zero-order valence-electron chi connectivity index (χ0n) is 9.75. The van der Waals surface area contributed by atoms with Crippen molar-refractivity contribution in [3.8, 4) is 0 Å². The first-order valence-electron chi connectivity index (χ1n) is 6.10. The molecular weight excluding hydrogens is 186 g/mol. The third kappa shape index (κ3) is 2.25. The van der Waals surface area contributed by atoms with Gasteiger partial charge in [0.15, 0.2) is 0 Å². The van der Waals surface area contributed by atoms with Crippen LogP contribution in [0.1, 0.15) is 50.0 Å². The molecule has 0 radical (unpaired) electrons. The molecular formula is C13H21NO. The normalized spacial score (nSPS) is 18.8. The van der Waals surface area contributed by atoms with Gasteiger partial charge in [-0.3, -0.25) is 0 Å². The molecule has 2 heteroatoms. The van der Waals surface area contributed by atoms with Gasteiger partial charge in [0, 0.05) is 0 Å². The fourth-order valence-corrected chi connectivity index (χ4v) is 2.25. The highest BCUT2D eigenvalue weighted by Gasteiger charge is 2.30. The van der Waals surface area contributed by atoms with Crippen LogP contribution in [-0.2, 0) is 0 Å². The van der Waals surface area contributed by atoms with Gasteiger partial charge in [-0.1, -0.05) is 13.3 Å². The minimum atomic E-state index is 0.452. The first-order chi connectivity index (χ1) is 7.33. The van der Waals surface area contributed by atoms with Gasteiger partial charge in [0.05, 0.1) is 12.3 Å². The molecule has 2 rings (SSSR count). The number of hydrogen-bond acceptors (Lipinski definition) is 2. The average molecular weight is 207 g/mol. The highest BCUT2D eigenvalue weighted by Crippen LogP contribution is 2.38. The van der Waals surface area contributed by atoms with Crippen LogP contribution in [-0.4, -0.2) is 6.54 Å². The minimum Gasteiger partial charge on any atom is -0.467 e. The first kappa shape index (κ1) is 10.7. The molecule has 0 saturated heterocycles. The second kappa shape index (κ2) is 4.84. The SMILES string of the molecule is CCCNC(c1occc1C)C1CCC1. The molecule has 1 fully saturated rings. The summed E-state index contributed by atoms with van der Waals surface area (Å²) in [5, 5.41) is 3.62. The molecule has 0 aromatic carbocycles. The smallest absolute Gasteiger partial charge is 0.123 e. The summed E-state index contributed by atoms with van der Waals surface area (Å²) in [5.41, 5.74) is 1.29. The van der Waals surface area contributed by atoms with Crippen LogP contribution in [0.5, 0.6) is 0 Å². The Kier molecular flexibility index (Phi) is 3.47. The Balaban J connectivity index is 2.07. The van der Waals surface area contributed by atoms with E-state index in [-0.39, 0.29) is 0 Å². The number of aryl methyl sites for hydroxylation is 1. The highest BCUT2D eigenvalue weighted by molar-refractivity contribution is 5.19. The van der Waals surface area contributed by atoms with Crippen LogP contribution in [0, 0.1) is 12.8 Å². The van der Waals surface area contributed by atoms with Crippen molar-refractivity contribution in [3.63, 3.8) is 0 Å². The summed E-state index contributed by atoms with van der Waals surface area (Å²) >= 11 is 0. The quantitative estimate of drug-likeness (QED) is 0.800. The molecule has 1 aromatic heterocycles. The average Bonchev–Trinajstić information content (AvgIpc) is 2.55. The molecule has 84 valence electrons. The van der Waals surface area contributed by atoms with Crippen molar-refractivity contribution in [3.05, 3.63) is 23.7 Å². The Morgan fingerprint density at radius 3 is 2.80 bits per heavy atom. The van der Waals surface area contributed by atoms with E-state index in [1.165, 1.54) is 31.2 Å². The number of furan rings is 1. The Morgan fingerprint density at radius 1 is 1.53 bits per heavy atom. The molecule has 0 spiro atoms. The molecule has 2 nitrogen and oxygen atoms in total. The molecule has 1 unspecified atom stereocenters. The summed E-state index contributed by atoms with van der Waals surface area (Å²) in [5.74, 6) is 1.95. The van der Waals surface area contributed by atoms with Gasteiger partial charge in [0.25, 0.3) is 0 Å². The fourth-order valence-electron chi connectivity index (χ4n) is 2.25. The molecule has 0 amide bonds. The Hall–Kier alpha value is -0.760. The lowest BCUT2D eigenvalue weighted by Gasteiger charge is -2.33. The van der Waals surface area contributed by atoms with Crippen molar-refractivity contribution in [1.29, 1.82) is 0 Å². The molecule has 0 aliphatic heterocycles. The van der Waals surface area contributed by atoms with Gasteiger partial charge in [-0.05, 0) is 50.3 Å². The van der Waals surface area contributed by atoms with Crippen molar-refractivity contribution in [1.82, 2.24) is 5.32 Å². The van der Waals surface area contributed by atoms with Crippen LogP contribution in [0.3, 0.4) is 0 Å². The van der Waals surface area contributed by atoms with Gasteiger partial charge in [-0.15, -0.1) is 0 Å².